The summed E-state index contributed by atoms with van der Waals surface area (Å²) < 4.78 is 0. The van der Waals surface area contributed by atoms with E-state index in [0.29, 0.717) is 12.8 Å². The molecule has 0 saturated carbocycles. The zero-order valence-corrected chi connectivity index (χ0v) is 22.3. The lowest BCUT2D eigenvalue weighted by Gasteiger charge is -2.25. The number of carboxylic acid groups (broad SMARTS) is 1. The van der Waals surface area contributed by atoms with Crippen molar-refractivity contribution in [3.05, 3.63) is 36.0 Å². The van der Waals surface area contributed by atoms with E-state index in [1.165, 1.54) is 38.5 Å². The normalized spacial score (nSPS) is 13.8. The van der Waals surface area contributed by atoms with Crippen LogP contribution in [0.5, 0.6) is 0 Å². The number of benzene rings is 1. The van der Waals surface area contributed by atoms with Gasteiger partial charge in [-0.1, -0.05) is 96.8 Å². The number of hydrogen-bond acceptors (Lipinski definition) is 3. The molecule has 2 amide bonds. The second-order valence-corrected chi connectivity index (χ2v) is 9.97. The monoisotopic (exact) mass is 499 g/mol. The molecule has 0 aliphatic heterocycles. The largest absolute Gasteiger partial charge is 0.480 e. The van der Waals surface area contributed by atoms with Gasteiger partial charge >= 0.3 is 5.97 Å². The van der Waals surface area contributed by atoms with Crippen molar-refractivity contribution in [2.75, 3.05) is 0 Å². The van der Waals surface area contributed by atoms with Crippen LogP contribution in [0.1, 0.15) is 97.0 Å². The predicted molar refractivity (Wildman–Crippen MR) is 145 cm³/mol. The van der Waals surface area contributed by atoms with Crippen LogP contribution in [0, 0.1) is 5.92 Å². The number of hydrogen-bond donors (Lipinski definition) is 4. The molecule has 0 aliphatic carbocycles. The molecular formula is C29H45N3O4. The highest BCUT2D eigenvalue weighted by Crippen LogP contribution is 2.19. The quantitative estimate of drug-likeness (QED) is 0.196. The third kappa shape index (κ3) is 9.67. The minimum Gasteiger partial charge on any atom is -0.480 e. The van der Waals surface area contributed by atoms with Gasteiger partial charge in [-0.3, -0.25) is 9.59 Å². The van der Waals surface area contributed by atoms with E-state index in [4.69, 9.17) is 0 Å². The number of carbonyl (C=O) groups is 3. The highest BCUT2D eigenvalue weighted by molar-refractivity contribution is 5.91. The van der Waals surface area contributed by atoms with Crippen LogP contribution in [-0.4, -0.2) is 40.0 Å². The first kappa shape index (κ1) is 29.4. The first-order valence-electron chi connectivity index (χ1n) is 13.7. The predicted octanol–water partition coefficient (Wildman–Crippen LogP) is 5.73. The first-order valence-corrected chi connectivity index (χ1v) is 13.7. The third-order valence-corrected chi connectivity index (χ3v) is 7.03. The summed E-state index contributed by atoms with van der Waals surface area (Å²) in [6.07, 6.45) is 13.6. The first-order chi connectivity index (χ1) is 17.4. The number of aromatic nitrogens is 1. The number of rotatable bonds is 18. The second-order valence-electron chi connectivity index (χ2n) is 9.97. The molecule has 1 heterocycles. The number of carbonyl (C=O) groups excluding carboxylic acids is 2. The van der Waals surface area contributed by atoms with Gasteiger partial charge in [-0.2, -0.15) is 0 Å². The van der Waals surface area contributed by atoms with E-state index in [9.17, 15) is 19.5 Å². The molecule has 0 unspecified atom stereocenters. The molecule has 0 fully saturated rings. The summed E-state index contributed by atoms with van der Waals surface area (Å²) in [5.74, 6) is -1.81. The average molecular weight is 500 g/mol. The molecule has 7 heteroatoms. The Morgan fingerprint density at radius 1 is 0.917 bits per heavy atom. The van der Waals surface area contributed by atoms with Crippen LogP contribution in [0.3, 0.4) is 0 Å². The fourth-order valence-corrected chi connectivity index (χ4v) is 4.53. The van der Waals surface area contributed by atoms with E-state index < -0.39 is 24.0 Å². The van der Waals surface area contributed by atoms with E-state index in [-0.39, 0.29) is 18.2 Å². The Morgan fingerprint density at radius 2 is 1.56 bits per heavy atom. The molecule has 0 bridgehead atoms. The molecule has 7 nitrogen and oxygen atoms in total. The van der Waals surface area contributed by atoms with Crippen molar-refractivity contribution < 1.29 is 19.5 Å². The van der Waals surface area contributed by atoms with Gasteiger partial charge in [-0.25, -0.2) is 4.79 Å². The fourth-order valence-electron chi connectivity index (χ4n) is 4.53. The number of aliphatic carboxylic acids is 1. The van der Waals surface area contributed by atoms with Gasteiger partial charge in [0.2, 0.25) is 11.8 Å². The summed E-state index contributed by atoms with van der Waals surface area (Å²) in [6.45, 7) is 6.08. The molecule has 36 heavy (non-hydrogen) atoms. The Balaban J connectivity index is 1.86. The van der Waals surface area contributed by atoms with Crippen LogP contribution in [0.4, 0.5) is 0 Å². The van der Waals surface area contributed by atoms with Crippen molar-refractivity contribution in [1.29, 1.82) is 0 Å². The maximum Gasteiger partial charge on any atom is 0.326 e. The molecule has 2 rings (SSSR count). The van der Waals surface area contributed by atoms with E-state index in [1.54, 1.807) is 6.20 Å². The van der Waals surface area contributed by atoms with Crippen molar-refractivity contribution in [1.82, 2.24) is 15.6 Å². The number of nitrogens with one attached hydrogen (secondary N) is 3. The van der Waals surface area contributed by atoms with Crippen LogP contribution in [0.2, 0.25) is 0 Å². The summed E-state index contributed by atoms with van der Waals surface area (Å²) in [7, 11) is 0. The smallest absolute Gasteiger partial charge is 0.326 e. The molecule has 1 aromatic carbocycles. The van der Waals surface area contributed by atoms with Crippen LogP contribution in [0.15, 0.2) is 30.5 Å². The lowest BCUT2D eigenvalue weighted by molar-refractivity contribution is -0.142. The van der Waals surface area contributed by atoms with Crippen molar-refractivity contribution in [2.45, 2.75) is 110 Å². The highest BCUT2D eigenvalue weighted by Gasteiger charge is 2.30. The van der Waals surface area contributed by atoms with Gasteiger partial charge in [0.15, 0.2) is 0 Å². The van der Waals surface area contributed by atoms with E-state index in [0.717, 1.165) is 35.7 Å². The number of H-pyrrole nitrogens is 1. The molecule has 0 spiro atoms. The van der Waals surface area contributed by atoms with Crippen LogP contribution in [-0.2, 0) is 20.8 Å². The Kier molecular flexibility index (Phi) is 13.1. The molecule has 1 aromatic heterocycles. The zero-order valence-electron chi connectivity index (χ0n) is 22.3. The summed E-state index contributed by atoms with van der Waals surface area (Å²) in [5, 5.41) is 16.3. The van der Waals surface area contributed by atoms with Gasteiger partial charge < -0.3 is 20.7 Å². The van der Waals surface area contributed by atoms with Gasteiger partial charge in [0, 0.05) is 29.9 Å². The Labute approximate surface area is 215 Å². The number of fused-ring (bicyclic) bond motifs is 1. The summed E-state index contributed by atoms with van der Waals surface area (Å²) in [5.41, 5.74) is 1.75. The van der Waals surface area contributed by atoms with Crippen LogP contribution < -0.4 is 10.6 Å². The van der Waals surface area contributed by atoms with Crippen LogP contribution >= 0.6 is 0 Å². The Hall–Kier alpha value is -2.83. The number of carboxylic acids is 1. The SMILES string of the molecule is CCCCCCCCCCCC(=O)N[C@H](C(=O)N[C@@H](Cc1c[nH]c2ccccc12)C(=O)O)[C@@H](C)CC. The summed E-state index contributed by atoms with van der Waals surface area (Å²) >= 11 is 0. The molecule has 4 N–H and O–H groups in total. The molecule has 200 valence electrons. The minimum absolute atomic E-state index is 0.111. The summed E-state index contributed by atoms with van der Waals surface area (Å²) in [4.78, 5) is 40.8. The molecule has 0 radical (unpaired) electrons. The van der Waals surface area contributed by atoms with Crippen LogP contribution in [0.25, 0.3) is 10.9 Å². The zero-order chi connectivity index (χ0) is 26.3. The van der Waals surface area contributed by atoms with Gasteiger partial charge in [0.25, 0.3) is 0 Å². The van der Waals surface area contributed by atoms with Gasteiger partial charge in [0.05, 0.1) is 0 Å². The van der Waals surface area contributed by atoms with Crippen molar-refractivity contribution in [3.8, 4) is 0 Å². The summed E-state index contributed by atoms with van der Waals surface area (Å²) in [6, 6.07) is 5.82. The molecule has 0 saturated heterocycles. The van der Waals surface area contributed by atoms with Crippen molar-refractivity contribution >= 4 is 28.7 Å². The van der Waals surface area contributed by atoms with Gasteiger partial charge in [0.1, 0.15) is 12.1 Å². The molecule has 3 atom stereocenters. The topological polar surface area (TPSA) is 111 Å². The number of aromatic amines is 1. The maximum absolute atomic E-state index is 13.1. The average Bonchev–Trinajstić information content (AvgIpc) is 3.28. The molecule has 0 aliphatic rings. The van der Waals surface area contributed by atoms with E-state index >= 15 is 0 Å². The standard InChI is InChI=1S/C29H45N3O4/c1-4-6-7-8-9-10-11-12-13-18-26(33)32-27(21(3)5-2)28(34)31-25(29(35)36)19-22-20-30-24-17-15-14-16-23(22)24/h14-17,20-21,25,27,30H,4-13,18-19H2,1-3H3,(H,31,34)(H,32,33)(H,35,36)/t21-,25-,27-/m0/s1. The Morgan fingerprint density at radius 3 is 2.19 bits per heavy atom. The number of para-hydroxylation sites is 1. The minimum atomic E-state index is -1.10. The number of amides is 2. The molecular weight excluding hydrogens is 454 g/mol. The molecule has 2 aromatic rings. The number of unbranched alkanes of at least 4 members (excludes halogenated alkanes) is 8. The Bertz CT molecular complexity index is 955. The second kappa shape index (κ2) is 16.0. The lowest BCUT2D eigenvalue weighted by atomic mass is 9.97. The van der Waals surface area contributed by atoms with E-state index in [1.807, 2.05) is 38.1 Å². The van der Waals surface area contributed by atoms with E-state index in [2.05, 4.69) is 22.5 Å². The maximum atomic E-state index is 13.1. The highest BCUT2D eigenvalue weighted by atomic mass is 16.4. The van der Waals surface area contributed by atoms with Crippen molar-refractivity contribution in [2.24, 2.45) is 5.92 Å². The lowest BCUT2D eigenvalue weighted by Crippen LogP contribution is -2.54. The van der Waals surface area contributed by atoms with Gasteiger partial charge in [-0.15, -0.1) is 0 Å². The van der Waals surface area contributed by atoms with Crippen molar-refractivity contribution in [3.63, 3.8) is 0 Å². The van der Waals surface area contributed by atoms with Gasteiger partial charge in [-0.05, 0) is 24.0 Å². The fraction of sp³-hybridized carbons (Fsp3) is 0.621. The third-order valence-electron chi connectivity index (χ3n) is 7.03.